The maximum Gasteiger partial charge on any atom is 0.253 e. The molecule has 0 saturated carbocycles. The van der Waals surface area contributed by atoms with Crippen molar-refractivity contribution in [3.63, 3.8) is 0 Å². The molecule has 0 radical (unpaired) electrons. The molecule has 0 aliphatic rings. The van der Waals surface area contributed by atoms with Gasteiger partial charge in [-0.3, -0.25) is 9.59 Å². The molecule has 6 nitrogen and oxygen atoms in total. The van der Waals surface area contributed by atoms with Gasteiger partial charge in [-0.25, -0.2) is 0 Å². The van der Waals surface area contributed by atoms with Crippen molar-refractivity contribution in [3.8, 4) is 11.5 Å². The number of amides is 2. The Kier molecular flexibility index (Phi) is 7.43. The zero-order valence-corrected chi connectivity index (χ0v) is 15.6. The highest BCUT2D eigenvalue weighted by Gasteiger charge is 2.13. The van der Waals surface area contributed by atoms with Crippen LogP contribution >= 0.6 is 0 Å². The summed E-state index contributed by atoms with van der Waals surface area (Å²) in [6, 6.07) is 12.4. The van der Waals surface area contributed by atoms with E-state index in [2.05, 4.69) is 17.2 Å². The molecule has 0 spiro atoms. The van der Waals surface area contributed by atoms with Crippen LogP contribution < -0.4 is 20.1 Å². The van der Waals surface area contributed by atoms with Gasteiger partial charge in [0, 0.05) is 13.0 Å². The van der Waals surface area contributed by atoms with Crippen LogP contribution in [-0.2, 0) is 11.2 Å². The molecular formula is C21H24N2O4. The Labute approximate surface area is 159 Å². The monoisotopic (exact) mass is 368 g/mol. The number of hydrogen-bond acceptors (Lipinski definition) is 4. The minimum Gasteiger partial charge on any atom is -0.497 e. The van der Waals surface area contributed by atoms with Crippen LogP contribution in [0.3, 0.4) is 0 Å². The van der Waals surface area contributed by atoms with E-state index in [1.54, 1.807) is 50.6 Å². The zero-order chi connectivity index (χ0) is 19.6. The third-order valence-corrected chi connectivity index (χ3v) is 3.96. The van der Waals surface area contributed by atoms with Crippen molar-refractivity contribution >= 4 is 17.5 Å². The predicted octanol–water partition coefficient (Wildman–Crippen LogP) is 3.19. The number of carbonyl (C=O) groups excluding carboxylic acids is 2. The summed E-state index contributed by atoms with van der Waals surface area (Å²) in [6.07, 6.45) is 2.32. The molecule has 2 rings (SSSR count). The molecule has 0 heterocycles. The largest absolute Gasteiger partial charge is 0.497 e. The van der Waals surface area contributed by atoms with Gasteiger partial charge in [-0.15, -0.1) is 6.58 Å². The second-order valence-corrected chi connectivity index (χ2v) is 5.77. The first kappa shape index (κ1) is 20.0. The van der Waals surface area contributed by atoms with Crippen LogP contribution in [0.2, 0.25) is 0 Å². The van der Waals surface area contributed by atoms with Gasteiger partial charge in [-0.1, -0.05) is 18.2 Å². The molecule has 0 unspecified atom stereocenters. The van der Waals surface area contributed by atoms with Crippen LogP contribution in [0.4, 0.5) is 5.69 Å². The highest BCUT2D eigenvalue weighted by atomic mass is 16.5. The standard InChI is InChI=1S/C21H24N2O4/c1-4-13-22-21(25)17-7-5-6-8-18(17)23-20(24)12-9-15-14-16(26-2)10-11-19(15)27-3/h4-8,10-11,14H,1,9,12-13H2,2-3H3,(H,22,25)(H,23,24). The summed E-state index contributed by atoms with van der Waals surface area (Å²) in [4.78, 5) is 24.6. The van der Waals surface area contributed by atoms with E-state index in [1.807, 2.05) is 12.1 Å². The van der Waals surface area contributed by atoms with E-state index in [4.69, 9.17) is 9.47 Å². The first-order chi connectivity index (χ1) is 13.1. The van der Waals surface area contributed by atoms with Crippen molar-refractivity contribution in [2.45, 2.75) is 12.8 Å². The van der Waals surface area contributed by atoms with Gasteiger partial charge in [0.25, 0.3) is 5.91 Å². The molecule has 2 N–H and O–H groups in total. The van der Waals surface area contributed by atoms with Crippen molar-refractivity contribution in [2.75, 3.05) is 26.1 Å². The number of hydrogen-bond donors (Lipinski definition) is 2. The van der Waals surface area contributed by atoms with Gasteiger partial charge in [-0.05, 0) is 42.3 Å². The van der Waals surface area contributed by atoms with Crippen LogP contribution in [0.25, 0.3) is 0 Å². The second kappa shape index (κ2) is 10.0. The molecule has 0 aromatic heterocycles. The lowest BCUT2D eigenvalue weighted by Crippen LogP contribution is -2.25. The van der Waals surface area contributed by atoms with Crippen LogP contribution in [0, 0.1) is 0 Å². The summed E-state index contributed by atoms with van der Waals surface area (Å²) in [5, 5.41) is 5.52. The molecular weight excluding hydrogens is 344 g/mol. The molecule has 142 valence electrons. The number of para-hydroxylation sites is 1. The third kappa shape index (κ3) is 5.60. The summed E-state index contributed by atoms with van der Waals surface area (Å²) in [5.41, 5.74) is 1.76. The lowest BCUT2D eigenvalue weighted by molar-refractivity contribution is -0.116. The van der Waals surface area contributed by atoms with Gasteiger partial charge >= 0.3 is 0 Å². The highest BCUT2D eigenvalue weighted by Crippen LogP contribution is 2.25. The summed E-state index contributed by atoms with van der Waals surface area (Å²) < 4.78 is 10.6. The topological polar surface area (TPSA) is 76.7 Å². The van der Waals surface area contributed by atoms with Gasteiger partial charge in [0.2, 0.25) is 5.91 Å². The first-order valence-electron chi connectivity index (χ1n) is 8.58. The van der Waals surface area contributed by atoms with E-state index in [9.17, 15) is 9.59 Å². The number of anilines is 1. The number of aryl methyl sites for hydroxylation is 1. The zero-order valence-electron chi connectivity index (χ0n) is 15.6. The summed E-state index contributed by atoms with van der Waals surface area (Å²) in [5.74, 6) is 0.951. The van der Waals surface area contributed by atoms with Crippen LogP contribution in [0.1, 0.15) is 22.3 Å². The second-order valence-electron chi connectivity index (χ2n) is 5.77. The molecule has 0 atom stereocenters. The molecule has 27 heavy (non-hydrogen) atoms. The number of ether oxygens (including phenoxy) is 2. The molecule has 0 bridgehead atoms. The van der Waals surface area contributed by atoms with E-state index in [0.29, 0.717) is 35.7 Å². The fourth-order valence-corrected chi connectivity index (χ4v) is 2.59. The molecule has 0 aliphatic carbocycles. The quantitative estimate of drug-likeness (QED) is 0.667. The smallest absolute Gasteiger partial charge is 0.253 e. The maximum absolute atomic E-state index is 12.4. The van der Waals surface area contributed by atoms with Crippen molar-refractivity contribution in [2.24, 2.45) is 0 Å². The molecule has 0 aliphatic heterocycles. The van der Waals surface area contributed by atoms with Crippen molar-refractivity contribution in [1.82, 2.24) is 5.32 Å². The Morgan fingerprint density at radius 1 is 1.11 bits per heavy atom. The number of methoxy groups -OCH3 is 2. The van der Waals surface area contributed by atoms with E-state index < -0.39 is 0 Å². The molecule has 0 saturated heterocycles. The number of benzene rings is 2. The molecule has 0 fully saturated rings. The van der Waals surface area contributed by atoms with Crippen molar-refractivity contribution < 1.29 is 19.1 Å². The molecule has 6 heteroatoms. The van der Waals surface area contributed by atoms with Crippen molar-refractivity contribution in [1.29, 1.82) is 0 Å². The highest BCUT2D eigenvalue weighted by molar-refractivity contribution is 6.03. The van der Waals surface area contributed by atoms with Crippen molar-refractivity contribution in [3.05, 3.63) is 66.2 Å². The van der Waals surface area contributed by atoms with Crippen LogP contribution in [0.5, 0.6) is 11.5 Å². The molecule has 2 amide bonds. The van der Waals surface area contributed by atoms with E-state index in [-0.39, 0.29) is 18.2 Å². The van der Waals surface area contributed by atoms with E-state index >= 15 is 0 Å². The summed E-state index contributed by atoms with van der Waals surface area (Å²) >= 11 is 0. The summed E-state index contributed by atoms with van der Waals surface area (Å²) in [6.45, 7) is 3.93. The number of carbonyl (C=O) groups is 2. The first-order valence-corrected chi connectivity index (χ1v) is 8.58. The minimum atomic E-state index is -0.264. The third-order valence-electron chi connectivity index (χ3n) is 3.96. The fourth-order valence-electron chi connectivity index (χ4n) is 2.59. The Balaban J connectivity index is 2.05. The van der Waals surface area contributed by atoms with Gasteiger partial charge in [-0.2, -0.15) is 0 Å². The van der Waals surface area contributed by atoms with Gasteiger partial charge < -0.3 is 20.1 Å². The van der Waals surface area contributed by atoms with Crippen LogP contribution in [-0.4, -0.2) is 32.6 Å². The summed E-state index contributed by atoms with van der Waals surface area (Å²) in [7, 11) is 3.18. The Bertz CT molecular complexity index is 818. The number of rotatable bonds is 9. The average Bonchev–Trinajstić information content (AvgIpc) is 2.70. The number of nitrogens with one attached hydrogen (secondary N) is 2. The Morgan fingerprint density at radius 3 is 2.59 bits per heavy atom. The van der Waals surface area contributed by atoms with Crippen LogP contribution in [0.15, 0.2) is 55.1 Å². The predicted molar refractivity (Wildman–Crippen MR) is 105 cm³/mol. The Hall–Kier alpha value is -3.28. The lowest BCUT2D eigenvalue weighted by Gasteiger charge is -2.12. The maximum atomic E-state index is 12.4. The van der Waals surface area contributed by atoms with Gasteiger partial charge in [0.05, 0.1) is 25.5 Å². The SMILES string of the molecule is C=CCNC(=O)c1ccccc1NC(=O)CCc1cc(OC)ccc1OC. The van der Waals surface area contributed by atoms with E-state index in [1.165, 1.54) is 0 Å². The average molecular weight is 368 g/mol. The fraction of sp³-hybridized carbons (Fsp3) is 0.238. The van der Waals surface area contributed by atoms with E-state index in [0.717, 1.165) is 5.56 Å². The lowest BCUT2D eigenvalue weighted by atomic mass is 10.1. The van der Waals surface area contributed by atoms with Gasteiger partial charge in [0.1, 0.15) is 11.5 Å². The molecule has 2 aromatic rings. The normalized spacial score (nSPS) is 10.0. The molecule has 2 aromatic carbocycles. The Morgan fingerprint density at radius 2 is 1.89 bits per heavy atom. The van der Waals surface area contributed by atoms with Gasteiger partial charge in [0.15, 0.2) is 0 Å². The minimum absolute atomic E-state index is 0.191.